The number of rotatable bonds is 11. The summed E-state index contributed by atoms with van der Waals surface area (Å²) in [4.78, 5) is 0. The summed E-state index contributed by atoms with van der Waals surface area (Å²) < 4.78 is 0. The topological polar surface area (TPSA) is 152 Å². The average molecular weight is 993 g/mol. The summed E-state index contributed by atoms with van der Waals surface area (Å²) in [5.41, 5.74) is 35.6. The first-order valence-electron chi connectivity index (χ1n) is 26.4. The monoisotopic (exact) mass is 993 g/mol. The van der Waals surface area contributed by atoms with Crippen LogP contribution in [0.15, 0.2) is 231 Å². The molecular weight excluding hydrogens is 905 g/mol. The quantitative estimate of drug-likeness (QED) is 0.0638. The Bertz CT molecular complexity index is 2400. The predicted molar refractivity (Wildman–Crippen MR) is 318 cm³/mol. The zero-order valence-corrected chi connectivity index (χ0v) is 44.9. The minimum atomic E-state index is 0.159. The van der Waals surface area contributed by atoms with E-state index in [1.54, 1.807) is 0 Å². The van der Waals surface area contributed by atoms with E-state index in [9.17, 15) is 0 Å². The number of nitrogens with two attached hydrogens (primary N) is 4. The highest BCUT2D eigenvalue weighted by molar-refractivity contribution is 5.30. The lowest BCUT2D eigenvalue weighted by molar-refractivity contribution is 0.644. The molecule has 0 amide bonds. The first-order chi connectivity index (χ1) is 36.3. The van der Waals surface area contributed by atoms with E-state index in [2.05, 4.69) is 144 Å². The smallest absolute Gasteiger partial charge is 0.0292 e. The standard InChI is InChI=1S/C9H11N.2C9H13N.C8H9N.3C8H11N.C7H9N/c1-2-4-9-7-10-6-5-8(9)3-1;1-2-10-8-9-6-4-3-5-7-9;1-2-9(10)8-6-4-3-5-7-8;1-2-4-8-6-9-5-7(8)3-1;1-9-7-8-5-3-2-4-6-8;1-7(9)8-5-3-2-4-6-8;9-7-6-8-4-2-1-3-5-8;8-6-7-4-2-1-3-5-7/h1-4,10H,5-7H2;3-7,10H,2,8H2,1H3;3-7,9H,2,10H2,1H3;1-4,9H,5-6H2;2-6,9H,7H2,1H3;2-7H,9H2,1H3;1-5H,6-7,9H2;1-5H,6,8H2. The van der Waals surface area contributed by atoms with Gasteiger partial charge < -0.3 is 44.2 Å². The third kappa shape index (κ3) is 28.0. The van der Waals surface area contributed by atoms with Gasteiger partial charge in [-0.15, -0.1) is 0 Å². The van der Waals surface area contributed by atoms with Crippen molar-refractivity contribution in [2.45, 2.75) is 91.4 Å². The van der Waals surface area contributed by atoms with Crippen molar-refractivity contribution in [2.24, 2.45) is 22.9 Å². The van der Waals surface area contributed by atoms with Crippen molar-refractivity contribution in [1.29, 1.82) is 0 Å². The fraction of sp³-hybridized carbons (Fsp3) is 0.273. The Morgan fingerprint density at radius 1 is 0.446 bits per heavy atom. The summed E-state index contributed by atoms with van der Waals surface area (Å²) in [6, 6.07) is 78.8. The average Bonchev–Trinajstić information content (AvgIpc) is 3.97. The van der Waals surface area contributed by atoms with Gasteiger partial charge in [0.05, 0.1) is 0 Å². The van der Waals surface area contributed by atoms with E-state index < -0.39 is 0 Å². The highest BCUT2D eigenvalue weighted by atomic mass is 14.9. The molecule has 0 saturated carbocycles. The van der Waals surface area contributed by atoms with Crippen LogP contribution < -0.4 is 44.2 Å². The molecule has 2 atom stereocenters. The number of fused-ring (bicyclic) bond motifs is 2. The van der Waals surface area contributed by atoms with Crippen LogP contribution in [0.1, 0.15) is 94.9 Å². The van der Waals surface area contributed by atoms with Gasteiger partial charge in [0, 0.05) is 51.4 Å². The van der Waals surface area contributed by atoms with Crippen molar-refractivity contribution in [2.75, 3.05) is 26.7 Å². The van der Waals surface area contributed by atoms with E-state index in [0.29, 0.717) is 6.54 Å². The van der Waals surface area contributed by atoms with E-state index in [-0.39, 0.29) is 12.1 Å². The van der Waals surface area contributed by atoms with Crippen LogP contribution in [0.2, 0.25) is 0 Å². The molecule has 0 aliphatic carbocycles. The normalized spacial score (nSPS) is 12.1. The van der Waals surface area contributed by atoms with Gasteiger partial charge in [0.2, 0.25) is 0 Å². The Hall–Kier alpha value is -6.56. The fourth-order valence-corrected chi connectivity index (χ4v) is 7.44. The lowest BCUT2D eigenvalue weighted by atomic mass is 10.0. The summed E-state index contributed by atoms with van der Waals surface area (Å²) >= 11 is 0. The van der Waals surface area contributed by atoms with E-state index in [1.165, 1.54) is 62.1 Å². The minimum absolute atomic E-state index is 0.159. The van der Waals surface area contributed by atoms with Gasteiger partial charge >= 0.3 is 0 Å². The first-order valence-corrected chi connectivity index (χ1v) is 26.4. The van der Waals surface area contributed by atoms with Crippen LogP contribution in [-0.4, -0.2) is 26.7 Å². The van der Waals surface area contributed by atoms with E-state index in [0.717, 1.165) is 65.2 Å². The highest BCUT2D eigenvalue weighted by Crippen LogP contribution is 2.14. The number of hydrogen-bond acceptors (Lipinski definition) is 8. The van der Waals surface area contributed by atoms with Crippen LogP contribution in [0.4, 0.5) is 0 Å². The molecule has 2 aliphatic rings. The molecule has 2 heterocycles. The number of nitrogens with one attached hydrogen (secondary N) is 4. The Morgan fingerprint density at radius 3 is 1.20 bits per heavy atom. The van der Waals surface area contributed by atoms with Gasteiger partial charge in [-0.3, -0.25) is 0 Å². The maximum atomic E-state index is 5.79. The molecule has 392 valence electrons. The molecule has 8 heteroatoms. The van der Waals surface area contributed by atoms with Gasteiger partial charge in [-0.2, -0.15) is 0 Å². The van der Waals surface area contributed by atoms with Gasteiger partial charge in [0.25, 0.3) is 0 Å². The zero-order chi connectivity index (χ0) is 53.1. The van der Waals surface area contributed by atoms with Crippen molar-refractivity contribution in [3.8, 4) is 0 Å². The molecule has 8 aromatic rings. The largest absolute Gasteiger partial charge is 0.330 e. The molecule has 0 radical (unpaired) electrons. The molecule has 12 N–H and O–H groups in total. The summed E-state index contributed by atoms with van der Waals surface area (Å²) in [5, 5.41) is 13.0. The summed E-state index contributed by atoms with van der Waals surface area (Å²) in [7, 11) is 1.95. The molecule has 0 aromatic heterocycles. The molecular formula is C66H88N8. The lowest BCUT2D eigenvalue weighted by Gasteiger charge is -2.15. The van der Waals surface area contributed by atoms with Gasteiger partial charge in [-0.05, 0) is 109 Å². The molecule has 0 bridgehead atoms. The molecule has 2 unspecified atom stereocenters. The second-order valence-electron chi connectivity index (χ2n) is 17.7. The molecule has 0 spiro atoms. The van der Waals surface area contributed by atoms with Crippen molar-refractivity contribution < 1.29 is 0 Å². The predicted octanol–water partition coefficient (Wildman–Crippen LogP) is 12.0. The summed E-state index contributed by atoms with van der Waals surface area (Å²) in [6.07, 6.45) is 3.18. The molecule has 8 aromatic carbocycles. The van der Waals surface area contributed by atoms with Crippen molar-refractivity contribution in [3.63, 3.8) is 0 Å². The minimum Gasteiger partial charge on any atom is -0.330 e. The van der Waals surface area contributed by atoms with E-state index >= 15 is 0 Å². The number of hydrogen-bond donors (Lipinski definition) is 8. The third-order valence-electron chi connectivity index (χ3n) is 11.7. The molecule has 0 saturated heterocycles. The zero-order valence-electron chi connectivity index (χ0n) is 44.9. The van der Waals surface area contributed by atoms with E-state index in [4.69, 9.17) is 22.9 Å². The Morgan fingerprint density at radius 2 is 0.824 bits per heavy atom. The SMILES string of the molecule is CC(N)c1ccccc1.CCC(N)c1ccccc1.CCNCc1ccccc1.CNCc1ccccc1.NCCc1ccccc1.NCc1ccccc1.c1ccc2c(c1)CCNC2.c1ccc2c(c1)CNC2. The van der Waals surface area contributed by atoms with Crippen LogP contribution in [0.25, 0.3) is 0 Å². The fourth-order valence-electron chi connectivity index (χ4n) is 7.44. The third-order valence-corrected chi connectivity index (χ3v) is 11.7. The van der Waals surface area contributed by atoms with Crippen molar-refractivity contribution in [1.82, 2.24) is 21.3 Å². The molecule has 10 rings (SSSR count). The molecule has 0 fully saturated rings. The Kier molecular flexibility index (Phi) is 34.1. The van der Waals surface area contributed by atoms with Gasteiger partial charge in [-0.1, -0.05) is 244 Å². The second kappa shape index (κ2) is 40.9. The number of benzene rings is 8. The van der Waals surface area contributed by atoms with Crippen LogP contribution >= 0.6 is 0 Å². The van der Waals surface area contributed by atoms with Crippen LogP contribution in [0.5, 0.6) is 0 Å². The second-order valence-corrected chi connectivity index (χ2v) is 17.7. The van der Waals surface area contributed by atoms with Crippen molar-refractivity contribution in [3.05, 3.63) is 286 Å². The van der Waals surface area contributed by atoms with E-state index in [1.807, 2.05) is 135 Å². The van der Waals surface area contributed by atoms with Crippen LogP contribution in [0.3, 0.4) is 0 Å². The van der Waals surface area contributed by atoms with Crippen LogP contribution in [0, 0.1) is 0 Å². The highest BCUT2D eigenvalue weighted by Gasteiger charge is 2.07. The van der Waals surface area contributed by atoms with Crippen molar-refractivity contribution >= 4 is 0 Å². The maximum absolute atomic E-state index is 5.79. The van der Waals surface area contributed by atoms with Crippen LogP contribution in [-0.2, 0) is 52.1 Å². The summed E-state index contributed by atoms with van der Waals surface area (Å²) in [5.74, 6) is 0. The Balaban J connectivity index is 0.000000223. The lowest BCUT2D eigenvalue weighted by Crippen LogP contribution is -2.23. The van der Waals surface area contributed by atoms with Gasteiger partial charge in [0.1, 0.15) is 0 Å². The molecule has 74 heavy (non-hydrogen) atoms. The van der Waals surface area contributed by atoms with Gasteiger partial charge in [-0.25, -0.2) is 0 Å². The summed E-state index contributed by atoms with van der Waals surface area (Å²) in [6.45, 7) is 14.8. The maximum Gasteiger partial charge on any atom is 0.0292 e. The van der Waals surface area contributed by atoms with Gasteiger partial charge in [0.15, 0.2) is 0 Å². The first kappa shape index (κ1) is 61.7. The Labute approximate surface area is 446 Å². The molecule has 8 nitrogen and oxygen atoms in total. The molecule has 2 aliphatic heterocycles.